The fourth-order valence-corrected chi connectivity index (χ4v) is 7.54. The van der Waals surface area contributed by atoms with Crippen LogP contribution in [0.2, 0.25) is 30.7 Å². The average molecular weight is 334 g/mol. The highest BCUT2D eigenvalue weighted by atomic mass is 28.4. The molecule has 0 aromatic heterocycles. The molecular weight excluding hydrogens is 294 g/mol. The molecule has 3 nitrogen and oxygen atoms in total. The van der Waals surface area contributed by atoms with E-state index < -0.39 is 16.8 Å². The first-order valence-corrected chi connectivity index (χ1v) is 14.0. The molecule has 0 radical (unpaired) electrons. The van der Waals surface area contributed by atoms with Gasteiger partial charge in [0.05, 0.1) is 0 Å². The van der Waals surface area contributed by atoms with Crippen LogP contribution < -0.4 is 0 Å². The second kappa shape index (κ2) is 8.82. The summed E-state index contributed by atoms with van der Waals surface area (Å²) in [5.41, 5.74) is 0. The van der Waals surface area contributed by atoms with Crippen molar-refractivity contribution in [2.75, 3.05) is 26.3 Å². The van der Waals surface area contributed by atoms with Crippen LogP contribution in [-0.4, -0.2) is 47.7 Å². The van der Waals surface area contributed by atoms with Gasteiger partial charge in [0, 0.05) is 13.2 Å². The van der Waals surface area contributed by atoms with Gasteiger partial charge in [0.1, 0.15) is 8.24 Å². The van der Waals surface area contributed by atoms with E-state index >= 15 is 0 Å². The van der Waals surface area contributed by atoms with Crippen LogP contribution in [0.1, 0.15) is 48.0 Å². The lowest BCUT2D eigenvalue weighted by atomic mass is 10.2. The predicted octanol–water partition coefficient (Wildman–Crippen LogP) is 4.85. The van der Waals surface area contributed by atoms with Gasteiger partial charge in [-0.1, -0.05) is 40.8 Å². The predicted molar refractivity (Wildman–Crippen MR) is 98.7 cm³/mol. The lowest BCUT2D eigenvalue weighted by molar-refractivity contribution is 0.187. The standard InChI is InChI=1S/C16H39NO2Si2/c1-10-17(20(7,8)16(4,5)6)14-13-15-21(9,18-11-2)19-12-3/h10-15H2,1-9H3. The van der Waals surface area contributed by atoms with Crippen LogP contribution in [0, 0.1) is 0 Å². The fourth-order valence-electron chi connectivity index (χ4n) is 2.69. The van der Waals surface area contributed by atoms with E-state index in [1.165, 1.54) is 13.0 Å². The Morgan fingerprint density at radius 3 is 1.71 bits per heavy atom. The molecule has 21 heavy (non-hydrogen) atoms. The summed E-state index contributed by atoms with van der Waals surface area (Å²) >= 11 is 0. The van der Waals surface area contributed by atoms with Crippen molar-refractivity contribution in [3.8, 4) is 0 Å². The van der Waals surface area contributed by atoms with Gasteiger partial charge in [0.2, 0.25) is 0 Å². The number of hydrogen-bond acceptors (Lipinski definition) is 3. The Bertz CT molecular complexity index is 284. The third-order valence-corrected chi connectivity index (χ3v) is 13.8. The number of hydrogen-bond donors (Lipinski definition) is 0. The summed E-state index contributed by atoms with van der Waals surface area (Å²) in [4.78, 5) is 0. The van der Waals surface area contributed by atoms with E-state index in [-0.39, 0.29) is 0 Å². The number of nitrogens with zero attached hydrogens (tertiary/aromatic N) is 1. The van der Waals surface area contributed by atoms with Crippen LogP contribution in [0.4, 0.5) is 0 Å². The van der Waals surface area contributed by atoms with Crippen molar-refractivity contribution < 1.29 is 8.85 Å². The van der Waals surface area contributed by atoms with Crippen LogP contribution in [0.3, 0.4) is 0 Å². The van der Waals surface area contributed by atoms with Gasteiger partial charge in [-0.15, -0.1) is 0 Å². The van der Waals surface area contributed by atoms with E-state index in [1.807, 2.05) is 0 Å². The van der Waals surface area contributed by atoms with E-state index in [4.69, 9.17) is 8.85 Å². The molecule has 0 fully saturated rings. The summed E-state index contributed by atoms with van der Waals surface area (Å²) < 4.78 is 14.6. The lowest BCUT2D eigenvalue weighted by Crippen LogP contribution is -2.55. The third-order valence-electron chi connectivity index (χ3n) is 4.97. The summed E-state index contributed by atoms with van der Waals surface area (Å²) in [6.07, 6.45) is 1.18. The van der Waals surface area contributed by atoms with Crippen molar-refractivity contribution in [3.63, 3.8) is 0 Å². The molecule has 0 N–H and O–H groups in total. The Labute approximate surface area is 135 Å². The normalized spacial score (nSPS) is 14.0. The Morgan fingerprint density at radius 2 is 1.38 bits per heavy atom. The molecule has 128 valence electrons. The zero-order valence-corrected chi connectivity index (χ0v) is 18.0. The summed E-state index contributed by atoms with van der Waals surface area (Å²) in [7, 11) is -3.35. The van der Waals surface area contributed by atoms with Crippen LogP contribution >= 0.6 is 0 Å². The maximum atomic E-state index is 5.95. The van der Waals surface area contributed by atoms with Gasteiger partial charge in [0.15, 0.2) is 0 Å². The molecule has 0 amide bonds. The molecule has 0 heterocycles. The first kappa shape index (κ1) is 21.3. The monoisotopic (exact) mass is 333 g/mol. The molecule has 0 aliphatic heterocycles. The van der Waals surface area contributed by atoms with Gasteiger partial charge in [-0.3, -0.25) is 0 Å². The molecule has 0 saturated heterocycles. The summed E-state index contributed by atoms with van der Waals surface area (Å²) in [6.45, 7) is 24.7. The minimum Gasteiger partial charge on any atom is -0.395 e. The van der Waals surface area contributed by atoms with Gasteiger partial charge in [-0.05, 0) is 51.0 Å². The van der Waals surface area contributed by atoms with Crippen molar-refractivity contribution in [3.05, 3.63) is 0 Å². The second-order valence-electron chi connectivity index (χ2n) is 7.49. The number of rotatable bonds is 10. The molecular formula is C16H39NO2Si2. The second-order valence-corrected chi connectivity index (χ2v) is 16.1. The van der Waals surface area contributed by atoms with E-state index in [0.717, 1.165) is 25.8 Å². The quantitative estimate of drug-likeness (QED) is 0.533. The molecule has 0 bridgehead atoms. The third kappa shape index (κ3) is 6.52. The molecule has 0 atom stereocenters. The molecule has 0 aromatic rings. The minimum atomic E-state index is -1.95. The topological polar surface area (TPSA) is 21.7 Å². The molecule has 0 aliphatic rings. The SMILES string of the molecule is CCO[Si](C)(CCCN(CC)[Si](C)(C)C(C)(C)C)OCC. The van der Waals surface area contributed by atoms with E-state index in [0.29, 0.717) is 5.04 Å². The van der Waals surface area contributed by atoms with Crippen LogP contribution in [0.25, 0.3) is 0 Å². The molecule has 0 rings (SSSR count). The fraction of sp³-hybridized carbons (Fsp3) is 1.00. The molecule has 0 unspecified atom stereocenters. The minimum absolute atomic E-state index is 0.406. The molecule has 0 aromatic carbocycles. The van der Waals surface area contributed by atoms with Crippen LogP contribution in [0.15, 0.2) is 0 Å². The van der Waals surface area contributed by atoms with Crippen molar-refractivity contribution >= 4 is 16.8 Å². The summed E-state index contributed by atoms with van der Waals surface area (Å²) in [5, 5.41) is 0.406. The van der Waals surface area contributed by atoms with E-state index in [1.54, 1.807) is 0 Å². The van der Waals surface area contributed by atoms with Gasteiger partial charge in [-0.25, -0.2) is 0 Å². The zero-order valence-electron chi connectivity index (χ0n) is 16.0. The van der Waals surface area contributed by atoms with E-state index in [2.05, 4.69) is 65.7 Å². The first-order chi connectivity index (χ1) is 9.54. The Balaban J connectivity index is 4.60. The van der Waals surface area contributed by atoms with Crippen LogP contribution in [0.5, 0.6) is 0 Å². The van der Waals surface area contributed by atoms with Crippen molar-refractivity contribution in [2.45, 2.75) is 78.7 Å². The Kier molecular flexibility index (Phi) is 8.95. The largest absolute Gasteiger partial charge is 0.395 e. The molecule has 0 spiro atoms. The molecule has 0 saturated carbocycles. The highest BCUT2D eigenvalue weighted by Gasteiger charge is 2.40. The van der Waals surface area contributed by atoms with Crippen molar-refractivity contribution in [1.82, 2.24) is 4.57 Å². The molecule has 0 aliphatic carbocycles. The van der Waals surface area contributed by atoms with Crippen molar-refractivity contribution in [1.29, 1.82) is 0 Å². The van der Waals surface area contributed by atoms with Gasteiger partial charge in [-0.2, -0.15) is 0 Å². The smallest absolute Gasteiger partial charge is 0.334 e. The maximum Gasteiger partial charge on any atom is 0.334 e. The maximum absolute atomic E-state index is 5.95. The van der Waals surface area contributed by atoms with Gasteiger partial charge >= 0.3 is 8.56 Å². The van der Waals surface area contributed by atoms with E-state index in [9.17, 15) is 0 Å². The lowest BCUT2D eigenvalue weighted by Gasteiger charge is -2.46. The Hall–Kier alpha value is 0.314. The highest BCUT2D eigenvalue weighted by Crippen LogP contribution is 2.38. The van der Waals surface area contributed by atoms with Gasteiger partial charge in [0.25, 0.3) is 0 Å². The molecule has 5 heteroatoms. The highest BCUT2D eigenvalue weighted by molar-refractivity contribution is 6.77. The first-order valence-electron chi connectivity index (χ1n) is 8.57. The zero-order chi connectivity index (χ0) is 16.7. The summed E-state index contributed by atoms with van der Waals surface area (Å²) in [5.74, 6) is 0. The van der Waals surface area contributed by atoms with Crippen LogP contribution in [-0.2, 0) is 8.85 Å². The van der Waals surface area contributed by atoms with Crippen molar-refractivity contribution in [2.24, 2.45) is 0 Å². The average Bonchev–Trinajstić information content (AvgIpc) is 2.33. The van der Waals surface area contributed by atoms with Gasteiger partial charge < -0.3 is 13.4 Å². The summed E-state index contributed by atoms with van der Waals surface area (Å²) in [6, 6.07) is 1.10. The Morgan fingerprint density at radius 1 is 0.905 bits per heavy atom.